The Balaban J connectivity index is 2.47. The third-order valence-corrected chi connectivity index (χ3v) is 3.41. The minimum Gasteiger partial charge on any atom is -0.371 e. The van der Waals surface area contributed by atoms with Crippen molar-refractivity contribution in [3.05, 3.63) is 16.5 Å². The molecule has 2 heterocycles. The van der Waals surface area contributed by atoms with Gasteiger partial charge in [0.05, 0.1) is 22.9 Å². The fourth-order valence-corrected chi connectivity index (χ4v) is 2.26. The van der Waals surface area contributed by atoms with Gasteiger partial charge in [0.2, 0.25) is 0 Å². The van der Waals surface area contributed by atoms with Crippen LogP contribution in [-0.2, 0) is 18.2 Å². The van der Waals surface area contributed by atoms with Crippen molar-refractivity contribution in [1.82, 2.24) is 9.55 Å². The highest BCUT2D eigenvalue weighted by Gasteiger charge is 2.17. The van der Waals surface area contributed by atoms with E-state index in [1.807, 2.05) is 0 Å². The molecule has 0 fully saturated rings. The Morgan fingerprint density at radius 3 is 2.88 bits per heavy atom. The van der Waals surface area contributed by atoms with Crippen LogP contribution < -0.4 is 10.7 Å². The highest BCUT2D eigenvalue weighted by atomic mass is 16.5. The van der Waals surface area contributed by atoms with Gasteiger partial charge in [-0.1, -0.05) is 13.0 Å². The second kappa shape index (κ2) is 4.65. The topological polar surface area (TPSA) is 27.1 Å². The average molecular weight is 234 g/mol. The molecule has 3 heteroatoms. The van der Waals surface area contributed by atoms with Crippen molar-refractivity contribution in [1.29, 1.82) is 0 Å². The van der Waals surface area contributed by atoms with Crippen LogP contribution in [0.5, 0.6) is 0 Å². The summed E-state index contributed by atoms with van der Waals surface area (Å²) < 4.78 is 8.06. The van der Waals surface area contributed by atoms with Crippen LogP contribution in [-0.4, -0.2) is 21.8 Å². The Bertz CT molecular complexity index is 511. The van der Waals surface area contributed by atoms with Gasteiger partial charge in [-0.3, -0.25) is 0 Å². The maximum absolute atomic E-state index is 5.87. The van der Waals surface area contributed by atoms with Crippen LogP contribution in [0.3, 0.4) is 0 Å². The molecular formula is C14H22N2O. The van der Waals surface area contributed by atoms with Gasteiger partial charge in [0, 0.05) is 13.5 Å². The first kappa shape index (κ1) is 12.4. The summed E-state index contributed by atoms with van der Waals surface area (Å²) in [6, 6.07) is 0. The van der Waals surface area contributed by atoms with Gasteiger partial charge in [-0.25, -0.2) is 4.98 Å². The highest BCUT2D eigenvalue weighted by Crippen LogP contribution is 2.17. The van der Waals surface area contributed by atoms with E-state index in [1.165, 1.54) is 5.35 Å². The molecule has 0 spiro atoms. The lowest BCUT2D eigenvalue weighted by Crippen LogP contribution is -2.29. The molecule has 0 aliphatic carbocycles. The van der Waals surface area contributed by atoms with Crippen LogP contribution in [0.2, 0.25) is 0 Å². The third kappa shape index (κ3) is 2.60. The number of fused-ring (bicyclic) bond motifs is 1. The van der Waals surface area contributed by atoms with Gasteiger partial charge in [0.1, 0.15) is 5.82 Å². The molecule has 0 saturated carbocycles. The fourth-order valence-electron chi connectivity index (χ4n) is 2.26. The molecule has 0 saturated heterocycles. The first-order chi connectivity index (χ1) is 8.03. The zero-order chi connectivity index (χ0) is 12.5. The second-order valence-electron chi connectivity index (χ2n) is 5.23. The molecule has 0 unspecified atom stereocenters. The standard InChI is InChI=1S/C14H22N2O/c1-5-13-15-11-8-10-17-14(2,3)9-6-7-12(11)16(13)4/h7-8H,5-6,9-10H2,1-4H3/b11-8-,12-7+. The van der Waals surface area contributed by atoms with Crippen LogP contribution in [0.4, 0.5) is 0 Å². The van der Waals surface area contributed by atoms with E-state index in [-0.39, 0.29) is 5.60 Å². The molecule has 1 aliphatic rings. The molecule has 0 N–H and O–H groups in total. The van der Waals surface area contributed by atoms with Crippen LogP contribution in [0.25, 0.3) is 12.2 Å². The van der Waals surface area contributed by atoms with Crippen molar-refractivity contribution < 1.29 is 4.74 Å². The number of ether oxygens (including phenoxy) is 1. The third-order valence-electron chi connectivity index (χ3n) is 3.41. The lowest BCUT2D eigenvalue weighted by atomic mass is 10.0. The number of rotatable bonds is 1. The van der Waals surface area contributed by atoms with Crippen LogP contribution in [0.15, 0.2) is 0 Å². The fraction of sp³-hybridized carbons (Fsp3) is 0.643. The summed E-state index contributed by atoms with van der Waals surface area (Å²) in [5.74, 6) is 1.14. The van der Waals surface area contributed by atoms with Gasteiger partial charge in [-0.05, 0) is 32.8 Å². The minimum atomic E-state index is -0.0391. The first-order valence-electron chi connectivity index (χ1n) is 6.39. The van der Waals surface area contributed by atoms with Gasteiger partial charge >= 0.3 is 0 Å². The quantitative estimate of drug-likeness (QED) is 0.728. The van der Waals surface area contributed by atoms with Gasteiger partial charge in [-0.15, -0.1) is 0 Å². The van der Waals surface area contributed by atoms with Crippen molar-refractivity contribution in [2.45, 2.75) is 45.6 Å². The Kier molecular flexibility index (Phi) is 3.38. The first-order valence-corrected chi connectivity index (χ1v) is 6.39. The van der Waals surface area contributed by atoms with Gasteiger partial charge in [0.15, 0.2) is 0 Å². The molecule has 1 aliphatic heterocycles. The summed E-state index contributed by atoms with van der Waals surface area (Å²) in [5.41, 5.74) is -0.0391. The maximum atomic E-state index is 5.87. The van der Waals surface area contributed by atoms with E-state index in [0.717, 1.165) is 30.4 Å². The van der Waals surface area contributed by atoms with E-state index >= 15 is 0 Å². The number of aryl methyl sites for hydroxylation is 1. The zero-order valence-electron chi connectivity index (χ0n) is 11.3. The molecule has 17 heavy (non-hydrogen) atoms. The van der Waals surface area contributed by atoms with Crippen molar-refractivity contribution >= 4 is 12.2 Å². The summed E-state index contributed by atoms with van der Waals surface area (Å²) >= 11 is 0. The van der Waals surface area contributed by atoms with Crippen molar-refractivity contribution in [2.75, 3.05) is 6.61 Å². The minimum absolute atomic E-state index is 0.0391. The molecular weight excluding hydrogens is 212 g/mol. The molecule has 94 valence electrons. The molecule has 3 nitrogen and oxygen atoms in total. The Morgan fingerprint density at radius 1 is 1.41 bits per heavy atom. The maximum Gasteiger partial charge on any atom is 0.109 e. The Labute approximate surface area is 103 Å². The summed E-state index contributed by atoms with van der Waals surface area (Å²) in [6.07, 6.45) is 7.44. The van der Waals surface area contributed by atoms with Crippen molar-refractivity contribution in [2.24, 2.45) is 7.05 Å². The normalized spacial score (nSPS) is 23.3. The number of aromatic nitrogens is 2. The molecule has 1 aromatic heterocycles. The van der Waals surface area contributed by atoms with E-state index in [0.29, 0.717) is 6.61 Å². The molecule has 0 atom stereocenters. The average Bonchev–Trinajstić information content (AvgIpc) is 2.58. The summed E-state index contributed by atoms with van der Waals surface area (Å²) in [7, 11) is 2.10. The van der Waals surface area contributed by atoms with Crippen molar-refractivity contribution in [3.8, 4) is 0 Å². The van der Waals surface area contributed by atoms with Gasteiger partial charge in [0.25, 0.3) is 0 Å². The van der Waals surface area contributed by atoms with E-state index in [1.54, 1.807) is 0 Å². The molecule has 0 aromatic carbocycles. The molecule has 0 radical (unpaired) electrons. The predicted octanol–water partition coefficient (Wildman–Crippen LogP) is 1.13. The van der Waals surface area contributed by atoms with Crippen LogP contribution in [0, 0.1) is 0 Å². The summed E-state index contributed by atoms with van der Waals surface area (Å²) in [6.45, 7) is 7.08. The highest BCUT2D eigenvalue weighted by molar-refractivity contribution is 5.28. The summed E-state index contributed by atoms with van der Waals surface area (Å²) in [5, 5.41) is 2.31. The molecule has 0 amide bonds. The lowest BCUT2D eigenvalue weighted by molar-refractivity contribution is -0.00109. The van der Waals surface area contributed by atoms with E-state index in [4.69, 9.17) is 4.74 Å². The SMILES string of the molecule is CCc1nc2/c(n1C)=C\CCC(C)(C)OC/C=2. The predicted molar refractivity (Wildman–Crippen MR) is 70.0 cm³/mol. The van der Waals surface area contributed by atoms with Gasteiger partial charge in [-0.2, -0.15) is 0 Å². The molecule has 2 rings (SSSR count). The van der Waals surface area contributed by atoms with E-state index in [9.17, 15) is 0 Å². The Hall–Kier alpha value is -1.09. The Morgan fingerprint density at radius 2 is 2.18 bits per heavy atom. The molecule has 0 bridgehead atoms. The number of hydrogen-bond acceptors (Lipinski definition) is 2. The smallest absolute Gasteiger partial charge is 0.109 e. The second-order valence-corrected chi connectivity index (χ2v) is 5.23. The number of hydrogen-bond donors (Lipinski definition) is 0. The van der Waals surface area contributed by atoms with E-state index in [2.05, 4.69) is 49.5 Å². The monoisotopic (exact) mass is 234 g/mol. The van der Waals surface area contributed by atoms with Gasteiger partial charge < -0.3 is 9.30 Å². The molecule has 1 aromatic rings. The van der Waals surface area contributed by atoms with Crippen LogP contribution in [0.1, 0.15) is 39.4 Å². The number of nitrogens with zero attached hydrogens (tertiary/aromatic N) is 2. The van der Waals surface area contributed by atoms with E-state index < -0.39 is 0 Å². The number of imidazole rings is 1. The lowest BCUT2D eigenvalue weighted by Gasteiger charge is -2.23. The van der Waals surface area contributed by atoms with Crippen molar-refractivity contribution in [3.63, 3.8) is 0 Å². The van der Waals surface area contributed by atoms with Crippen LogP contribution >= 0.6 is 0 Å². The largest absolute Gasteiger partial charge is 0.371 e. The zero-order valence-corrected chi connectivity index (χ0v) is 11.3. The summed E-state index contributed by atoms with van der Waals surface area (Å²) in [4.78, 5) is 4.66.